The summed E-state index contributed by atoms with van der Waals surface area (Å²) in [5.41, 5.74) is -0.240. The monoisotopic (exact) mass is 263 g/mol. The number of halogens is 3. The molecule has 2 aromatic rings. The van der Waals surface area contributed by atoms with Crippen LogP contribution in [-0.4, -0.2) is 9.97 Å². The second kappa shape index (κ2) is 4.36. The quantitative estimate of drug-likeness (QED) is 0.924. The van der Waals surface area contributed by atoms with Crippen molar-refractivity contribution >= 4 is 16.5 Å². The lowest BCUT2D eigenvalue weighted by Gasteiger charge is -2.01. The highest BCUT2D eigenvalue weighted by Crippen LogP contribution is 2.31. The van der Waals surface area contributed by atoms with Gasteiger partial charge in [0, 0.05) is 5.38 Å². The number of nitrogens with one attached hydrogen (secondary N) is 1. The van der Waals surface area contributed by atoms with Crippen LogP contribution in [0.4, 0.5) is 18.3 Å². The number of nitrogens with zero attached hydrogens (tertiary/aromatic N) is 2. The van der Waals surface area contributed by atoms with E-state index in [-0.39, 0.29) is 11.7 Å². The van der Waals surface area contributed by atoms with Gasteiger partial charge in [-0.05, 0) is 6.92 Å². The number of thiazole rings is 1. The normalized spacial score (nSPS) is 11.8. The number of oxazole rings is 1. The predicted molar refractivity (Wildman–Crippen MR) is 55.7 cm³/mol. The van der Waals surface area contributed by atoms with E-state index in [2.05, 4.69) is 15.3 Å². The number of aryl methyl sites for hydroxylation is 1. The maximum absolute atomic E-state index is 12.3. The summed E-state index contributed by atoms with van der Waals surface area (Å²) in [6.07, 6.45) is -3.12. The second-order valence-corrected chi connectivity index (χ2v) is 4.10. The molecule has 17 heavy (non-hydrogen) atoms. The molecule has 1 N–H and O–H groups in total. The number of anilines is 1. The van der Waals surface area contributed by atoms with Gasteiger partial charge in [-0.25, -0.2) is 9.97 Å². The SMILES string of the molecule is Cc1ocnc1CNc1nc(C(F)(F)F)cs1. The van der Waals surface area contributed by atoms with Crippen molar-refractivity contribution in [3.05, 3.63) is 28.9 Å². The Morgan fingerprint density at radius 2 is 2.24 bits per heavy atom. The summed E-state index contributed by atoms with van der Waals surface area (Å²) in [5.74, 6) is 0.630. The van der Waals surface area contributed by atoms with Gasteiger partial charge in [0.1, 0.15) is 11.5 Å². The van der Waals surface area contributed by atoms with Gasteiger partial charge in [-0.1, -0.05) is 0 Å². The van der Waals surface area contributed by atoms with Crippen LogP contribution in [0.15, 0.2) is 16.2 Å². The molecule has 0 fully saturated rings. The number of hydrogen-bond acceptors (Lipinski definition) is 5. The third-order valence-electron chi connectivity index (χ3n) is 2.05. The van der Waals surface area contributed by atoms with E-state index in [0.717, 1.165) is 16.7 Å². The zero-order valence-electron chi connectivity index (χ0n) is 8.71. The molecule has 0 spiro atoms. The molecule has 2 heterocycles. The molecule has 0 unspecified atom stereocenters. The number of alkyl halides is 3. The fourth-order valence-corrected chi connectivity index (χ4v) is 1.86. The van der Waals surface area contributed by atoms with Crippen LogP contribution in [0.2, 0.25) is 0 Å². The molecular formula is C9H8F3N3OS. The van der Waals surface area contributed by atoms with Crippen LogP contribution in [-0.2, 0) is 12.7 Å². The van der Waals surface area contributed by atoms with E-state index in [0.29, 0.717) is 11.5 Å². The minimum atomic E-state index is -4.40. The number of aromatic nitrogens is 2. The first-order valence-corrected chi connectivity index (χ1v) is 5.50. The molecule has 2 aromatic heterocycles. The Balaban J connectivity index is 2.01. The molecule has 0 bridgehead atoms. The predicted octanol–water partition coefficient (Wildman–Crippen LogP) is 3.07. The Morgan fingerprint density at radius 1 is 1.47 bits per heavy atom. The van der Waals surface area contributed by atoms with Crippen LogP contribution in [0.25, 0.3) is 0 Å². The highest BCUT2D eigenvalue weighted by molar-refractivity contribution is 7.13. The molecule has 0 saturated heterocycles. The molecule has 0 aliphatic rings. The lowest BCUT2D eigenvalue weighted by Crippen LogP contribution is -2.06. The van der Waals surface area contributed by atoms with E-state index in [1.165, 1.54) is 6.39 Å². The molecule has 4 nitrogen and oxygen atoms in total. The Kier molecular flexibility index (Phi) is 3.05. The lowest BCUT2D eigenvalue weighted by molar-refractivity contribution is -0.140. The molecule has 0 aliphatic carbocycles. The van der Waals surface area contributed by atoms with E-state index < -0.39 is 11.9 Å². The first kappa shape index (κ1) is 11.9. The number of rotatable bonds is 3. The molecule has 8 heteroatoms. The van der Waals surface area contributed by atoms with Crippen molar-refractivity contribution < 1.29 is 17.6 Å². The van der Waals surface area contributed by atoms with Gasteiger partial charge in [-0.2, -0.15) is 13.2 Å². The Labute approximate surface area is 98.5 Å². The standard InChI is InChI=1S/C9H8F3N3OS/c1-5-6(14-4-16-5)2-13-8-15-7(3-17-8)9(10,11)12/h3-4H,2H2,1H3,(H,13,15). The third kappa shape index (κ3) is 2.76. The van der Waals surface area contributed by atoms with Gasteiger partial charge >= 0.3 is 6.18 Å². The minimum Gasteiger partial charge on any atom is -0.448 e. The summed E-state index contributed by atoms with van der Waals surface area (Å²) < 4.78 is 41.8. The van der Waals surface area contributed by atoms with Gasteiger partial charge in [0.25, 0.3) is 0 Å². The second-order valence-electron chi connectivity index (χ2n) is 3.24. The topological polar surface area (TPSA) is 51.0 Å². The van der Waals surface area contributed by atoms with Crippen molar-refractivity contribution in [3.63, 3.8) is 0 Å². The van der Waals surface area contributed by atoms with Crippen molar-refractivity contribution in [3.8, 4) is 0 Å². The van der Waals surface area contributed by atoms with Gasteiger partial charge in [-0.3, -0.25) is 0 Å². The largest absolute Gasteiger partial charge is 0.448 e. The number of hydrogen-bond donors (Lipinski definition) is 1. The van der Waals surface area contributed by atoms with Gasteiger partial charge in [-0.15, -0.1) is 11.3 Å². The Morgan fingerprint density at radius 3 is 2.76 bits per heavy atom. The first-order valence-electron chi connectivity index (χ1n) is 4.62. The van der Waals surface area contributed by atoms with E-state index in [1.54, 1.807) is 6.92 Å². The molecule has 0 saturated carbocycles. The molecule has 0 aromatic carbocycles. The van der Waals surface area contributed by atoms with Crippen LogP contribution in [0.5, 0.6) is 0 Å². The fraction of sp³-hybridized carbons (Fsp3) is 0.333. The molecule has 0 atom stereocenters. The molecule has 2 rings (SSSR count). The average Bonchev–Trinajstić information content (AvgIpc) is 2.82. The van der Waals surface area contributed by atoms with Crippen LogP contribution in [0, 0.1) is 6.92 Å². The van der Waals surface area contributed by atoms with E-state index in [9.17, 15) is 13.2 Å². The third-order valence-corrected chi connectivity index (χ3v) is 2.85. The lowest BCUT2D eigenvalue weighted by atomic mass is 10.4. The summed E-state index contributed by atoms with van der Waals surface area (Å²) in [6, 6.07) is 0. The summed E-state index contributed by atoms with van der Waals surface area (Å²) in [7, 11) is 0. The molecule has 0 radical (unpaired) electrons. The minimum absolute atomic E-state index is 0.208. The van der Waals surface area contributed by atoms with E-state index in [1.807, 2.05) is 0 Å². The van der Waals surface area contributed by atoms with Gasteiger partial charge in [0.15, 0.2) is 17.2 Å². The zero-order valence-corrected chi connectivity index (χ0v) is 9.52. The van der Waals surface area contributed by atoms with Crippen LogP contribution < -0.4 is 5.32 Å². The molecular weight excluding hydrogens is 255 g/mol. The summed E-state index contributed by atoms with van der Waals surface area (Å²) in [4.78, 5) is 7.35. The highest BCUT2D eigenvalue weighted by Gasteiger charge is 2.33. The van der Waals surface area contributed by atoms with E-state index in [4.69, 9.17) is 4.42 Å². The smallest absolute Gasteiger partial charge is 0.434 e. The van der Waals surface area contributed by atoms with Gasteiger partial charge in [0.05, 0.1) is 6.54 Å². The molecule has 0 amide bonds. The van der Waals surface area contributed by atoms with Crippen LogP contribution in [0.1, 0.15) is 17.1 Å². The van der Waals surface area contributed by atoms with Crippen molar-refractivity contribution in [2.24, 2.45) is 0 Å². The molecule has 92 valence electrons. The highest BCUT2D eigenvalue weighted by atomic mass is 32.1. The van der Waals surface area contributed by atoms with Crippen molar-refractivity contribution in [1.82, 2.24) is 9.97 Å². The van der Waals surface area contributed by atoms with E-state index >= 15 is 0 Å². The first-order chi connectivity index (χ1) is 7.97. The Bertz CT molecular complexity index is 506. The fourth-order valence-electron chi connectivity index (χ4n) is 1.14. The van der Waals surface area contributed by atoms with Crippen LogP contribution in [0.3, 0.4) is 0 Å². The Hall–Kier alpha value is -1.57. The maximum atomic E-state index is 12.3. The van der Waals surface area contributed by atoms with Crippen molar-refractivity contribution in [2.45, 2.75) is 19.6 Å². The average molecular weight is 263 g/mol. The van der Waals surface area contributed by atoms with Crippen molar-refractivity contribution in [2.75, 3.05) is 5.32 Å². The summed E-state index contributed by atoms with van der Waals surface area (Å²) in [6.45, 7) is 2.01. The summed E-state index contributed by atoms with van der Waals surface area (Å²) in [5, 5.41) is 3.94. The van der Waals surface area contributed by atoms with Crippen molar-refractivity contribution in [1.29, 1.82) is 0 Å². The summed E-state index contributed by atoms with van der Waals surface area (Å²) >= 11 is 0.904. The van der Waals surface area contributed by atoms with Crippen LogP contribution >= 0.6 is 11.3 Å². The zero-order chi connectivity index (χ0) is 12.5. The molecule has 0 aliphatic heterocycles. The van der Waals surface area contributed by atoms with Gasteiger partial charge < -0.3 is 9.73 Å². The maximum Gasteiger partial charge on any atom is 0.434 e. The van der Waals surface area contributed by atoms with Gasteiger partial charge in [0.2, 0.25) is 0 Å².